The van der Waals surface area contributed by atoms with Gasteiger partial charge in [0.25, 0.3) is 10.0 Å². The Bertz CT molecular complexity index is 696. The van der Waals surface area contributed by atoms with E-state index in [2.05, 4.69) is 21.1 Å². The zero-order valence-electron chi connectivity index (χ0n) is 9.89. The first kappa shape index (κ1) is 13.6. The first-order chi connectivity index (χ1) is 9.41. The van der Waals surface area contributed by atoms with Crippen LogP contribution >= 0.6 is 15.9 Å². The van der Waals surface area contributed by atoms with Crippen LogP contribution in [0.15, 0.2) is 31.5 Å². The molecule has 0 amide bonds. The Kier molecular flexibility index (Phi) is 3.10. The molecule has 2 aliphatic heterocycles. The lowest BCUT2D eigenvalue weighted by atomic mass is 10.0. The Morgan fingerprint density at radius 1 is 1.50 bits per heavy atom. The molecule has 2 aliphatic rings. The number of aliphatic carboxylic acids is 1. The number of sulfonamides is 1. The number of fused-ring (bicyclic) bond motifs is 1. The molecule has 1 fully saturated rings. The standard InChI is InChI=1S/C10H9BrN2O6S/c11-6-1-2-18-10(6)20(16,17)13-3-5-7(4-13)19-12-8(5)9(14)15/h1-2,5,7H,3-4H2,(H,14,15)/t5-,7+/m0/s1. The summed E-state index contributed by atoms with van der Waals surface area (Å²) in [4.78, 5) is 16.0. The molecule has 8 nitrogen and oxygen atoms in total. The largest absolute Gasteiger partial charge is 0.477 e. The number of halogens is 1. The number of hydrogen-bond acceptors (Lipinski definition) is 6. The first-order valence-electron chi connectivity index (χ1n) is 5.61. The van der Waals surface area contributed by atoms with Crippen LogP contribution in [0.25, 0.3) is 0 Å². The molecule has 0 spiro atoms. The number of hydrogen-bond donors (Lipinski definition) is 1. The highest BCUT2D eigenvalue weighted by atomic mass is 79.9. The molecule has 0 bridgehead atoms. The van der Waals surface area contributed by atoms with Crippen LogP contribution in [-0.2, 0) is 19.7 Å². The van der Waals surface area contributed by atoms with Gasteiger partial charge in [-0.2, -0.15) is 4.31 Å². The molecule has 0 saturated carbocycles. The van der Waals surface area contributed by atoms with Crippen molar-refractivity contribution in [2.24, 2.45) is 11.1 Å². The predicted molar refractivity (Wildman–Crippen MR) is 68.6 cm³/mol. The molecular weight excluding hydrogens is 356 g/mol. The number of carboxylic acids is 1. The van der Waals surface area contributed by atoms with E-state index < -0.39 is 28.0 Å². The van der Waals surface area contributed by atoms with Crippen LogP contribution in [0.4, 0.5) is 0 Å². The summed E-state index contributed by atoms with van der Waals surface area (Å²) in [5.41, 5.74) is -0.147. The summed E-state index contributed by atoms with van der Waals surface area (Å²) in [5.74, 6) is -1.76. The lowest BCUT2D eigenvalue weighted by molar-refractivity contribution is -0.129. The van der Waals surface area contributed by atoms with Crippen LogP contribution in [0.5, 0.6) is 0 Å². The molecule has 1 aromatic rings. The second-order valence-corrected chi connectivity index (χ2v) is 7.10. The number of carboxylic acid groups (broad SMARTS) is 1. The maximum absolute atomic E-state index is 12.4. The van der Waals surface area contributed by atoms with Crippen molar-refractivity contribution in [3.8, 4) is 0 Å². The monoisotopic (exact) mass is 364 g/mol. The van der Waals surface area contributed by atoms with Crippen LogP contribution in [0, 0.1) is 5.92 Å². The van der Waals surface area contributed by atoms with Gasteiger partial charge in [-0.05, 0) is 22.0 Å². The third kappa shape index (κ3) is 1.95. The van der Waals surface area contributed by atoms with Gasteiger partial charge in [-0.3, -0.25) is 0 Å². The normalized spacial score (nSPS) is 26.1. The van der Waals surface area contributed by atoms with E-state index in [9.17, 15) is 13.2 Å². The molecule has 0 aromatic carbocycles. The number of rotatable bonds is 3. The molecular formula is C10H9BrN2O6S. The van der Waals surface area contributed by atoms with Crippen molar-refractivity contribution in [1.82, 2.24) is 4.31 Å². The molecule has 2 atom stereocenters. The quantitative estimate of drug-likeness (QED) is 0.836. The Morgan fingerprint density at radius 3 is 2.85 bits per heavy atom. The van der Waals surface area contributed by atoms with E-state index in [4.69, 9.17) is 14.4 Å². The van der Waals surface area contributed by atoms with Crippen LogP contribution in [-0.4, -0.2) is 48.7 Å². The maximum Gasteiger partial charge on any atom is 0.354 e. The van der Waals surface area contributed by atoms with Gasteiger partial charge in [-0.15, -0.1) is 0 Å². The van der Waals surface area contributed by atoms with Crippen LogP contribution < -0.4 is 0 Å². The molecule has 10 heteroatoms. The SMILES string of the molecule is O=C(O)C1=NO[C@@H]2CN(S(=O)(=O)c3occc3Br)C[C@H]12. The fourth-order valence-corrected chi connectivity index (χ4v) is 4.52. The van der Waals surface area contributed by atoms with Crippen molar-refractivity contribution in [1.29, 1.82) is 0 Å². The van der Waals surface area contributed by atoms with Crippen molar-refractivity contribution in [3.05, 3.63) is 16.8 Å². The predicted octanol–water partition coefficient (Wildman–Crippen LogP) is 0.502. The van der Waals surface area contributed by atoms with Crippen molar-refractivity contribution in [2.75, 3.05) is 13.1 Å². The lowest BCUT2D eigenvalue weighted by Gasteiger charge is -2.14. The van der Waals surface area contributed by atoms with Crippen LogP contribution in [0.3, 0.4) is 0 Å². The molecule has 0 aliphatic carbocycles. The lowest BCUT2D eigenvalue weighted by Crippen LogP contribution is -2.31. The molecule has 108 valence electrons. The first-order valence-corrected chi connectivity index (χ1v) is 7.84. The molecule has 1 saturated heterocycles. The Balaban J connectivity index is 1.87. The summed E-state index contributed by atoms with van der Waals surface area (Å²) in [5, 5.41) is 12.2. The van der Waals surface area contributed by atoms with Gasteiger partial charge >= 0.3 is 5.97 Å². The molecule has 3 heterocycles. The van der Waals surface area contributed by atoms with E-state index in [1.165, 1.54) is 12.3 Å². The van der Waals surface area contributed by atoms with Gasteiger partial charge in [-0.25, -0.2) is 13.2 Å². The fraction of sp³-hybridized carbons (Fsp3) is 0.400. The molecule has 0 unspecified atom stereocenters. The molecule has 0 radical (unpaired) electrons. The maximum atomic E-state index is 12.4. The number of nitrogens with zero attached hydrogens (tertiary/aromatic N) is 2. The van der Waals surface area contributed by atoms with Gasteiger partial charge in [0.05, 0.1) is 23.2 Å². The van der Waals surface area contributed by atoms with Gasteiger partial charge in [0.1, 0.15) is 0 Å². The third-order valence-electron chi connectivity index (χ3n) is 3.25. The van der Waals surface area contributed by atoms with E-state index in [0.717, 1.165) is 4.31 Å². The van der Waals surface area contributed by atoms with Crippen molar-refractivity contribution in [2.45, 2.75) is 11.2 Å². The summed E-state index contributed by atoms with van der Waals surface area (Å²) in [6.45, 7) is 0.0473. The second kappa shape index (κ2) is 4.57. The van der Waals surface area contributed by atoms with E-state index in [1.54, 1.807) is 0 Å². The molecule has 20 heavy (non-hydrogen) atoms. The van der Waals surface area contributed by atoms with Gasteiger partial charge in [0.2, 0.25) is 5.09 Å². The zero-order valence-corrected chi connectivity index (χ0v) is 12.3. The van der Waals surface area contributed by atoms with Gasteiger partial charge < -0.3 is 14.4 Å². The average molecular weight is 365 g/mol. The molecule has 1 N–H and O–H groups in total. The van der Waals surface area contributed by atoms with Crippen LogP contribution in [0.2, 0.25) is 0 Å². The minimum absolute atomic E-state index is 0.00523. The van der Waals surface area contributed by atoms with E-state index in [-0.39, 0.29) is 23.9 Å². The van der Waals surface area contributed by atoms with E-state index in [0.29, 0.717) is 4.47 Å². The highest BCUT2D eigenvalue weighted by molar-refractivity contribution is 9.10. The van der Waals surface area contributed by atoms with Crippen molar-refractivity contribution < 1.29 is 27.6 Å². The number of carbonyl (C=O) groups is 1. The Hall–Kier alpha value is -1.39. The molecule has 3 rings (SSSR count). The topological polar surface area (TPSA) is 109 Å². The highest BCUT2D eigenvalue weighted by Gasteiger charge is 2.49. The highest BCUT2D eigenvalue weighted by Crippen LogP contribution is 2.33. The van der Waals surface area contributed by atoms with Crippen molar-refractivity contribution in [3.63, 3.8) is 0 Å². The van der Waals surface area contributed by atoms with E-state index >= 15 is 0 Å². The fourth-order valence-electron chi connectivity index (χ4n) is 2.28. The summed E-state index contributed by atoms with van der Waals surface area (Å²) in [6, 6.07) is 1.48. The summed E-state index contributed by atoms with van der Waals surface area (Å²) < 4.78 is 31.2. The van der Waals surface area contributed by atoms with Gasteiger partial charge in [0, 0.05) is 6.54 Å². The Labute approximate surface area is 122 Å². The van der Waals surface area contributed by atoms with Gasteiger partial charge in [-0.1, -0.05) is 5.16 Å². The molecule has 1 aromatic heterocycles. The third-order valence-corrected chi connectivity index (χ3v) is 5.90. The summed E-state index contributed by atoms with van der Waals surface area (Å²) >= 11 is 3.10. The summed E-state index contributed by atoms with van der Waals surface area (Å²) in [7, 11) is -3.83. The van der Waals surface area contributed by atoms with Crippen molar-refractivity contribution >= 4 is 37.6 Å². The number of oxime groups is 1. The van der Waals surface area contributed by atoms with Crippen LogP contribution in [0.1, 0.15) is 0 Å². The number of furan rings is 1. The average Bonchev–Trinajstić information content (AvgIpc) is 3.00. The summed E-state index contributed by atoms with van der Waals surface area (Å²) in [6.07, 6.45) is 0.693. The van der Waals surface area contributed by atoms with E-state index in [1.807, 2.05) is 0 Å². The zero-order chi connectivity index (χ0) is 14.5. The minimum Gasteiger partial charge on any atom is -0.477 e. The Morgan fingerprint density at radius 2 is 2.25 bits per heavy atom. The second-order valence-electron chi connectivity index (χ2n) is 4.41. The minimum atomic E-state index is -3.83. The smallest absolute Gasteiger partial charge is 0.354 e. The van der Waals surface area contributed by atoms with Gasteiger partial charge in [0.15, 0.2) is 11.8 Å².